The maximum Gasteiger partial charge on any atom is 0.417 e. The van der Waals surface area contributed by atoms with Crippen molar-refractivity contribution in [1.82, 2.24) is 4.98 Å². The number of thioether (sulfide) groups is 1. The van der Waals surface area contributed by atoms with Crippen LogP contribution < -0.4 is 5.32 Å². The Labute approximate surface area is 125 Å². The largest absolute Gasteiger partial charge is 0.417 e. The van der Waals surface area contributed by atoms with E-state index in [9.17, 15) is 13.2 Å². The molecule has 112 valence electrons. The molecule has 21 heavy (non-hydrogen) atoms. The van der Waals surface area contributed by atoms with E-state index in [1.807, 2.05) is 31.2 Å². The van der Waals surface area contributed by atoms with Crippen LogP contribution in [-0.4, -0.2) is 17.3 Å². The molecule has 2 nitrogen and oxygen atoms in total. The number of anilines is 1. The van der Waals surface area contributed by atoms with Gasteiger partial charge in [-0.1, -0.05) is 18.2 Å². The third-order valence-corrected chi connectivity index (χ3v) is 3.82. The third kappa shape index (κ3) is 4.67. The van der Waals surface area contributed by atoms with E-state index in [4.69, 9.17) is 0 Å². The second-order valence-corrected chi connectivity index (χ2v) is 5.59. The number of nitrogens with zero attached hydrogens (tertiary/aromatic N) is 1. The molecular formula is C15H15F3N2S. The Kier molecular flexibility index (Phi) is 5.12. The van der Waals surface area contributed by atoms with Gasteiger partial charge < -0.3 is 5.32 Å². The van der Waals surface area contributed by atoms with Crippen molar-refractivity contribution in [2.24, 2.45) is 0 Å². The molecule has 1 aromatic carbocycles. The van der Waals surface area contributed by atoms with Gasteiger partial charge in [-0.15, -0.1) is 11.8 Å². The van der Waals surface area contributed by atoms with Crippen LogP contribution in [0.4, 0.5) is 18.9 Å². The Bertz CT molecular complexity index is 582. The van der Waals surface area contributed by atoms with Gasteiger partial charge >= 0.3 is 6.18 Å². The second kappa shape index (κ2) is 6.85. The molecule has 0 aliphatic carbocycles. The minimum Gasteiger partial charge on any atom is -0.384 e. The summed E-state index contributed by atoms with van der Waals surface area (Å²) in [6.45, 7) is 2.74. The molecule has 1 N–H and O–H groups in total. The zero-order valence-electron chi connectivity index (χ0n) is 11.4. The fraction of sp³-hybridized carbons (Fsp3) is 0.267. The highest BCUT2D eigenvalue weighted by Gasteiger charge is 2.30. The van der Waals surface area contributed by atoms with Crippen molar-refractivity contribution in [3.05, 3.63) is 53.7 Å². The standard InChI is InChI=1S/C15H15F3N2S/c1-11-4-2-3-5-13(11)19-8-9-21-14-7-6-12(10-20-14)15(16,17)18/h2-7,10,19H,8-9H2,1H3. The summed E-state index contributed by atoms with van der Waals surface area (Å²) < 4.78 is 37.2. The second-order valence-electron chi connectivity index (χ2n) is 4.47. The van der Waals surface area contributed by atoms with Gasteiger partial charge in [0.15, 0.2) is 0 Å². The highest BCUT2D eigenvalue weighted by Crippen LogP contribution is 2.29. The van der Waals surface area contributed by atoms with E-state index in [0.29, 0.717) is 5.03 Å². The summed E-state index contributed by atoms with van der Waals surface area (Å²) in [7, 11) is 0. The molecule has 0 unspecified atom stereocenters. The first-order chi connectivity index (χ1) is 9.97. The van der Waals surface area contributed by atoms with Crippen molar-refractivity contribution in [2.45, 2.75) is 18.1 Å². The van der Waals surface area contributed by atoms with Gasteiger partial charge in [-0.3, -0.25) is 0 Å². The van der Waals surface area contributed by atoms with Crippen LogP contribution in [0.3, 0.4) is 0 Å². The van der Waals surface area contributed by atoms with Crippen molar-refractivity contribution >= 4 is 17.4 Å². The quantitative estimate of drug-likeness (QED) is 0.644. The lowest BCUT2D eigenvalue weighted by molar-refractivity contribution is -0.137. The van der Waals surface area contributed by atoms with Gasteiger partial charge in [-0.2, -0.15) is 13.2 Å². The molecule has 2 rings (SSSR count). The van der Waals surface area contributed by atoms with Crippen LogP contribution in [0.1, 0.15) is 11.1 Å². The molecule has 0 saturated heterocycles. The number of benzene rings is 1. The maximum atomic E-state index is 12.4. The van der Waals surface area contributed by atoms with Crippen molar-refractivity contribution in [3.8, 4) is 0 Å². The Morgan fingerprint density at radius 1 is 1.14 bits per heavy atom. The van der Waals surface area contributed by atoms with Gasteiger partial charge in [0, 0.05) is 24.2 Å². The number of pyridine rings is 1. The van der Waals surface area contributed by atoms with E-state index in [-0.39, 0.29) is 0 Å². The molecular weight excluding hydrogens is 297 g/mol. The summed E-state index contributed by atoms with van der Waals surface area (Å²) in [6.07, 6.45) is -3.46. The number of para-hydroxylation sites is 1. The Morgan fingerprint density at radius 3 is 2.52 bits per heavy atom. The smallest absolute Gasteiger partial charge is 0.384 e. The first kappa shape index (κ1) is 15.7. The average molecular weight is 312 g/mol. The summed E-state index contributed by atoms with van der Waals surface area (Å²) >= 11 is 1.42. The van der Waals surface area contributed by atoms with Crippen molar-refractivity contribution in [1.29, 1.82) is 0 Å². The number of aromatic nitrogens is 1. The van der Waals surface area contributed by atoms with E-state index in [0.717, 1.165) is 35.8 Å². The summed E-state index contributed by atoms with van der Waals surface area (Å²) in [5, 5.41) is 3.88. The SMILES string of the molecule is Cc1ccccc1NCCSc1ccc(C(F)(F)F)cn1. The summed E-state index contributed by atoms with van der Waals surface area (Å²) in [5.74, 6) is 0.729. The summed E-state index contributed by atoms with van der Waals surface area (Å²) in [6, 6.07) is 10.4. The zero-order chi connectivity index (χ0) is 15.3. The van der Waals surface area contributed by atoms with Gasteiger partial charge in [0.05, 0.1) is 10.6 Å². The number of rotatable bonds is 5. The van der Waals surface area contributed by atoms with Crippen molar-refractivity contribution in [3.63, 3.8) is 0 Å². The number of nitrogens with one attached hydrogen (secondary N) is 1. The highest BCUT2D eigenvalue weighted by molar-refractivity contribution is 7.99. The van der Waals surface area contributed by atoms with Crippen LogP contribution in [0, 0.1) is 6.92 Å². The van der Waals surface area contributed by atoms with E-state index < -0.39 is 11.7 Å². The predicted molar refractivity (Wildman–Crippen MR) is 79.6 cm³/mol. The fourth-order valence-corrected chi connectivity index (χ4v) is 2.45. The van der Waals surface area contributed by atoms with Crippen LogP contribution >= 0.6 is 11.8 Å². The molecule has 1 aromatic heterocycles. The average Bonchev–Trinajstić information content (AvgIpc) is 2.45. The number of hydrogen-bond donors (Lipinski definition) is 1. The normalized spacial score (nSPS) is 11.4. The Morgan fingerprint density at radius 2 is 1.90 bits per heavy atom. The molecule has 1 heterocycles. The summed E-state index contributed by atoms with van der Waals surface area (Å²) in [5.41, 5.74) is 1.51. The van der Waals surface area contributed by atoms with E-state index >= 15 is 0 Å². The van der Waals surface area contributed by atoms with Gasteiger partial charge in [0.25, 0.3) is 0 Å². The van der Waals surface area contributed by atoms with E-state index in [2.05, 4.69) is 10.3 Å². The van der Waals surface area contributed by atoms with Crippen LogP contribution in [0.15, 0.2) is 47.6 Å². The molecule has 0 saturated carbocycles. The molecule has 2 aromatic rings. The topological polar surface area (TPSA) is 24.9 Å². The number of hydrogen-bond acceptors (Lipinski definition) is 3. The Balaban J connectivity index is 1.80. The van der Waals surface area contributed by atoms with Crippen LogP contribution in [-0.2, 0) is 6.18 Å². The summed E-state index contributed by atoms with van der Waals surface area (Å²) in [4.78, 5) is 3.82. The van der Waals surface area contributed by atoms with Crippen LogP contribution in [0.2, 0.25) is 0 Å². The first-order valence-corrected chi connectivity index (χ1v) is 7.41. The lowest BCUT2D eigenvalue weighted by Crippen LogP contribution is -2.06. The molecule has 0 aliphatic heterocycles. The van der Waals surface area contributed by atoms with Crippen molar-refractivity contribution < 1.29 is 13.2 Å². The number of alkyl halides is 3. The van der Waals surface area contributed by atoms with Crippen LogP contribution in [0.25, 0.3) is 0 Å². The highest BCUT2D eigenvalue weighted by atomic mass is 32.2. The number of aryl methyl sites for hydroxylation is 1. The van der Waals surface area contributed by atoms with Gasteiger partial charge in [0.1, 0.15) is 0 Å². The molecule has 0 amide bonds. The van der Waals surface area contributed by atoms with E-state index in [1.165, 1.54) is 17.8 Å². The molecule has 0 atom stereocenters. The zero-order valence-corrected chi connectivity index (χ0v) is 12.3. The van der Waals surface area contributed by atoms with Gasteiger partial charge in [-0.25, -0.2) is 4.98 Å². The van der Waals surface area contributed by atoms with Gasteiger partial charge in [-0.05, 0) is 30.7 Å². The first-order valence-electron chi connectivity index (χ1n) is 6.42. The lowest BCUT2D eigenvalue weighted by atomic mass is 10.2. The fourth-order valence-electron chi connectivity index (χ4n) is 1.75. The minimum atomic E-state index is -4.33. The predicted octanol–water partition coefficient (Wildman–Crippen LogP) is 4.61. The minimum absolute atomic E-state index is 0.592. The maximum absolute atomic E-state index is 12.4. The van der Waals surface area contributed by atoms with Gasteiger partial charge in [0.2, 0.25) is 0 Å². The monoisotopic (exact) mass is 312 g/mol. The molecule has 0 spiro atoms. The molecule has 0 fully saturated rings. The molecule has 0 radical (unpaired) electrons. The van der Waals surface area contributed by atoms with E-state index in [1.54, 1.807) is 0 Å². The van der Waals surface area contributed by atoms with Crippen LogP contribution in [0.5, 0.6) is 0 Å². The third-order valence-electron chi connectivity index (χ3n) is 2.88. The van der Waals surface area contributed by atoms with Crippen molar-refractivity contribution in [2.75, 3.05) is 17.6 Å². The number of halogens is 3. The Hall–Kier alpha value is -1.69. The molecule has 0 bridgehead atoms. The molecule has 0 aliphatic rings. The molecule has 6 heteroatoms. The lowest BCUT2D eigenvalue weighted by Gasteiger charge is -2.09.